The number of anilines is 1. The number of aliphatic carboxylic acids is 1. The molecular formula is C20H20BrN5O4. The molecule has 1 aliphatic heterocycles. The number of carboxylic acid groups (broad SMARTS) is 2. The van der Waals surface area contributed by atoms with Crippen LogP contribution in [0.1, 0.15) is 22.0 Å². The first-order valence-corrected chi connectivity index (χ1v) is 10.2. The van der Waals surface area contributed by atoms with E-state index >= 15 is 0 Å². The lowest BCUT2D eigenvalue weighted by atomic mass is 10.0. The Morgan fingerprint density at radius 2 is 1.77 bits per heavy atom. The van der Waals surface area contributed by atoms with Crippen molar-refractivity contribution >= 4 is 44.7 Å². The maximum Gasteiger partial charge on any atom is 0.335 e. The normalized spacial score (nSPS) is 16.0. The van der Waals surface area contributed by atoms with Gasteiger partial charge in [-0.15, -0.1) is 0 Å². The van der Waals surface area contributed by atoms with Crippen molar-refractivity contribution in [1.29, 1.82) is 0 Å². The minimum atomic E-state index is -1.04. The van der Waals surface area contributed by atoms with Crippen LogP contribution in [0.2, 0.25) is 0 Å². The zero-order chi connectivity index (χ0) is 21.4. The Morgan fingerprint density at radius 1 is 1.10 bits per heavy atom. The Morgan fingerprint density at radius 3 is 2.37 bits per heavy atom. The molecule has 0 radical (unpaired) electrons. The number of carbonyl (C=O) groups is 2. The van der Waals surface area contributed by atoms with Crippen molar-refractivity contribution in [3.63, 3.8) is 0 Å². The first-order chi connectivity index (χ1) is 14.3. The molecule has 1 fully saturated rings. The zero-order valence-electron chi connectivity index (χ0n) is 16.2. The van der Waals surface area contributed by atoms with E-state index in [1.54, 1.807) is 30.7 Å². The molecule has 0 aliphatic carbocycles. The van der Waals surface area contributed by atoms with Crippen molar-refractivity contribution in [3.05, 3.63) is 52.4 Å². The number of aryl methyl sites for hydroxylation is 1. The maximum atomic E-state index is 12.2. The second kappa shape index (κ2) is 8.04. The third kappa shape index (κ3) is 3.75. The van der Waals surface area contributed by atoms with Crippen LogP contribution in [0.25, 0.3) is 10.9 Å². The summed E-state index contributed by atoms with van der Waals surface area (Å²) in [4.78, 5) is 36.2. The smallest absolute Gasteiger partial charge is 0.335 e. The molecule has 1 atom stereocenters. The second-order valence-corrected chi connectivity index (χ2v) is 8.11. The van der Waals surface area contributed by atoms with E-state index in [1.165, 1.54) is 6.07 Å². The summed E-state index contributed by atoms with van der Waals surface area (Å²) in [6.07, 6.45) is 5.15. The number of piperazine rings is 1. The van der Waals surface area contributed by atoms with Crippen molar-refractivity contribution in [2.24, 2.45) is 7.05 Å². The van der Waals surface area contributed by atoms with Gasteiger partial charge in [-0.3, -0.25) is 9.69 Å². The highest BCUT2D eigenvalue weighted by Gasteiger charge is 2.33. The Bertz CT molecular complexity index is 1110. The van der Waals surface area contributed by atoms with Gasteiger partial charge in [0.05, 0.1) is 10.0 Å². The van der Waals surface area contributed by atoms with Crippen LogP contribution in [0.4, 0.5) is 5.95 Å². The van der Waals surface area contributed by atoms with Gasteiger partial charge in [-0.1, -0.05) is 0 Å². The van der Waals surface area contributed by atoms with Gasteiger partial charge in [-0.2, -0.15) is 0 Å². The number of hydrogen-bond donors (Lipinski definition) is 2. The van der Waals surface area contributed by atoms with Gasteiger partial charge in [-0.25, -0.2) is 14.8 Å². The van der Waals surface area contributed by atoms with E-state index < -0.39 is 18.0 Å². The molecule has 0 spiro atoms. The number of aromatic carboxylic acids is 1. The zero-order valence-corrected chi connectivity index (χ0v) is 17.8. The van der Waals surface area contributed by atoms with Crippen molar-refractivity contribution in [2.45, 2.75) is 6.04 Å². The Hall–Kier alpha value is -2.98. The van der Waals surface area contributed by atoms with Crippen LogP contribution in [-0.4, -0.2) is 67.8 Å². The molecule has 10 heteroatoms. The van der Waals surface area contributed by atoms with Gasteiger partial charge >= 0.3 is 11.9 Å². The molecule has 0 amide bonds. The van der Waals surface area contributed by atoms with Crippen LogP contribution in [0, 0.1) is 0 Å². The maximum absolute atomic E-state index is 12.2. The molecule has 0 saturated carbocycles. The predicted molar refractivity (Wildman–Crippen MR) is 114 cm³/mol. The molecule has 0 unspecified atom stereocenters. The highest BCUT2D eigenvalue weighted by molar-refractivity contribution is 9.10. The summed E-state index contributed by atoms with van der Waals surface area (Å²) in [5, 5.41) is 20.0. The largest absolute Gasteiger partial charge is 0.480 e. The topological polar surface area (TPSA) is 112 Å². The van der Waals surface area contributed by atoms with Gasteiger partial charge in [-0.05, 0) is 34.1 Å². The summed E-state index contributed by atoms with van der Waals surface area (Å²) in [6.45, 7) is 2.23. The number of carboxylic acids is 2. The molecule has 1 aliphatic rings. The summed E-state index contributed by atoms with van der Waals surface area (Å²) in [6, 6.07) is 3.92. The Balaban J connectivity index is 1.62. The summed E-state index contributed by atoms with van der Waals surface area (Å²) < 4.78 is 2.63. The first kappa shape index (κ1) is 20.3. The summed E-state index contributed by atoms with van der Waals surface area (Å²) >= 11 is 3.32. The van der Waals surface area contributed by atoms with Crippen LogP contribution in [0.15, 0.2) is 41.3 Å². The molecule has 1 aromatic carbocycles. The molecular weight excluding hydrogens is 454 g/mol. The average Bonchev–Trinajstić information content (AvgIpc) is 3.05. The number of aromatic nitrogens is 3. The Labute approximate surface area is 180 Å². The SMILES string of the molecule is Cn1cc([C@@H](C(=O)O)N2CCN(c3ncc(Br)cn3)CC2)c2cc(C(=O)O)ccc21. The lowest BCUT2D eigenvalue weighted by Crippen LogP contribution is -2.49. The van der Waals surface area contributed by atoms with Crippen LogP contribution < -0.4 is 4.90 Å². The van der Waals surface area contributed by atoms with Crippen molar-refractivity contribution in [2.75, 3.05) is 31.1 Å². The number of hydrogen-bond acceptors (Lipinski definition) is 6. The minimum Gasteiger partial charge on any atom is -0.480 e. The van der Waals surface area contributed by atoms with Crippen LogP contribution in [-0.2, 0) is 11.8 Å². The molecule has 1 saturated heterocycles. The third-order valence-corrected chi connectivity index (χ3v) is 5.77. The van der Waals surface area contributed by atoms with Crippen molar-refractivity contribution in [1.82, 2.24) is 19.4 Å². The number of benzene rings is 1. The van der Waals surface area contributed by atoms with Crippen LogP contribution in [0.5, 0.6) is 0 Å². The molecule has 2 aromatic heterocycles. The number of rotatable bonds is 5. The molecule has 156 valence electrons. The predicted octanol–water partition coefficient (Wildman–Crippen LogP) is 2.38. The lowest BCUT2D eigenvalue weighted by Gasteiger charge is -2.37. The van der Waals surface area contributed by atoms with E-state index in [0.717, 1.165) is 9.99 Å². The average molecular weight is 474 g/mol. The van der Waals surface area contributed by atoms with Gasteiger partial charge in [0.1, 0.15) is 6.04 Å². The number of halogens is 1. The van der Waals surface area contributed by atoms with E-state index in [1.807, 2.05) is 21.4 Å². The van der Waals surface area contributed by atoms with Gasteiger partial charge in [0.2, 0.25) is 5.95 Å². The van der Waals surface area contributed by atoms with Gasteiger partial charge < -0.3 is 19.7 Å². The van der Waals surface area contributed by atoms with Crippen molar-refractivity contribution < 1.29 is 19.8 Å². The second-order valence-electron chi connectivity index (χ2n) is 7.20. The molecule has 0 bridgehead atoms. The van der Waals surface area contributed by atoms with E-state index in [4.69, 9.17) is 0 Å². The van der Waals surface area contributed by atoms with Crippen LogP contribution in [0.3, 0.4) is 0 Å². The number of nitrogens with zero attached hydrogens (tertiary/aromatic N) is 5. The fourth-order valence-electron chi connectivity index (χ4n) is 3.91. The van der Waals surface area contributed by atoms with E-state index in [-0.39, 0.29) is 5.56 Å². The van der Waals surface area contributed by atoms with Gasteiger partial charge in [0, 0.05) is 68.3 Å². The van der Waals surface area contributed by atoms with Crippen molar-refractivity contribution in [3.8, 4) is 0 Å². The molecule has 3 heterocycles. The first-order valence-electron chi connectivity index (χ1n) is 9.37. The van der Waals surface area contributed by atoms with Gasteiger partial charge in [0.15, 0.2) is 0 Å². The highest BCUT2D eigenvalue weighted by Crippen LogP contribution is 2.32. The summed E-state index contributed by atoms with van der Waals surface area (Å²) in [7, 11) is 1.83. The molecule has 9 nitrogen and oxygen atoms in total. The number of fused-ring (bicyclic) bond motifs is 1. The molecule has 4 rings (SSSR count). The highest BCUT2D eigenvalue weighted by atomic mass is 79.9. The fraction of sp³-hybridized carbons (Fsp3) is 0.300. The Kier molecular flexibility index (Phi) is 5.44. The monoisotopic (exact) mass is 473 g/mol. The summed E-state index contributed by atoms with van der Waals surface area (Å²) in [5.74, 6) is -1.39. The quantitative estimate of drug-likeness (QED) is 0.580. The minimum absolute atomic E-state index is 0.135. The molecule has 3 aromatic rings. The third-order valence-electron chi connectivity index (χ3n) is 5.36. The van der Waals surface area contributed by atoms with E-state index in [9.17, 15) is 19.8 Å². The van der Waals surface area contributed by atoms with Crippen LogP contribution >= 0.6 is 15.9 Å². The van der Waals surface area contributed by atoms with E-state index in [0.29, 0.717) is 43.1 Å². The molecule has 2 N–H and O–H groups in total. The standard InChI is InChI=1S/C20H20BrN5O4/c1-24-11-15(14-8-12(18(27)28)2-3-16(14)24)17(19(29)30)25-4-6-26(7-5-25)20-22-9-13(21)10-23-20/h2-3,8-11,17H,4-7H2,1H3,(H,27,28)(H,29,30)/t17-/m0/s1. The van der Waals surface area contributed by atoms with E-state index in [2.05, 4.69) is 25.9 Å². The van der Waals surface area contributed by atoms with Gasteiger partial charge in [0.25, 0.3) is 0 Å². The fourth-order valence-corrected chi connectivity index (χ4v) is 4.11. The molecule has 30 heavy (non-hydrogen) atoms. The lowest BCUT2D eigenvalue weighted by molar-refractivity contribution is -0.143. The summed E-state index contributed by atoms with van der Waals surface area (Å²) in [5.41, 5.74) is 1.52.